The zero-order valence-corrected chi connectivity index (χ0v) is 25.4. The number of rotatable bonds is 4. The number of piperidine rings is 1. The van der Waals surface area contributed by atoms with Crippen molar-refractivity contribution in [3.05, 3.63) is 58.5 Å². The number of aryl methyl sites for hydroxylation is 2. The maximum atomic E-state index is 14.1. The van der Waals surface area contributed by atoms with E-state index in [1.54, 1.807) is 16.5 Å². The molecule has 3 aliphatic rings. The molecule has 1 aromatic carbocycles. The Balaban J connectivity index is 1.35. The van der Waals surface area contributed by atoms with Gasteiger partial charge in [-0.05, 0) is 56.2 Å². The summed E-state index contributed by atoms with van der Waals surface area (Å²) in [4.78, 5) is 58.5. The second kappa shape index (κ2) is 11.7. The van der Waals surface area contributed by atoms with Gasteiger partial charge in [-0.1, -0.05) is 37.1 Å². The van der Waals surface area contributed by atoms with Crippen LogP contribution in [-0.4, -0.2) is 61.7 Å². The van der Waals surface area contributed by atoms with Gasteiger partial charge in [0, 0.05) is 36.7 Å². The van der Waals surface area contributed by atoms with Crippen molar-refractivity contribution in [2.45, 2.75) is 96.4 Å². The Morgan fingerprint density at radius 1 is 1.04 bits per heavy atom. The zero-order valence-electron chi connectivity index (χ0n) is 25.4. The number of alkyl halides is 3. The average molecular weight is 624 g/mol. The lowest BCUT2D eigenvalue weighted by Crippen LogP contribution is -2.45. The molecule has 3 atom stereocenters. The predicted molar refractivity (Wildman–Crippen MR) is 158 cm³/mol. The minimum Gasteiger partial charge on any atom is -0.355 e. The molecule has 2 bridgehead atoms. The minimum atomic E-state index is -4.66. The summed E-state index contributed by atoms with van der Waals surface area (Å²) >= 11 is 0. The number of hydrogen-bond acceptors (Lipinski definition) is 6. The van der Waals surface area contributed by atoms with Crippen LogP contribution < -0.4 is 5.32 Å². The van der Waals surface area contributed by atoms with E-state index in [0.717, 1.165) is 37.3 Å². The third-order valence-electron chi connectivity index (χ3n) is 9.62. The highest BCUT2D eigenvalue weighted by molar-refractivity contribution is 6.06. The largest absolute Gasteiger partial charge is 0.433 e. The number of para-hydroxylation sites is 1. The zero-order chi connectivity index (χ0) is 32.1. The molecule has 2 aromatic heterocycles. The summed E-state index contributed by atoms with van der Waals surface area (Å²) in [7, 11) is 0. The number of ketones is 2. The number of Topliss-reactive ketones (excluding diaryl/α,β-unsaturated/α-hetero) is 2. The molecule has 3 aromatic rings. The number of nitrogens with one attached hydrogen (secondary N) is 1. The molecular weight excluding hydrogens is 587 g/mol. The summed E-state index contributed by atoms with van der Waals surface area (Å²) in [6, 6.07) is 6.65. The van der Waals surface area contributed by atoms with Gasteiger partial charge >= 0.3 is 6.18 Å². The second-order valence-electron chi connectivity index (χ2n) is 12.8. The number of carbonyl (C=O) groups is 4. The molecule has 238 valence electrons. The molecule has 2 amide bonds. The van der Waals surface area contributed by atoms with Gasteiger partial charge in [-0.25, -0.2) is 4.98 Å². The number of amides is 2. The SMILES string of the molecule is CC(=O)c1nn2c3c(cccc13)CCCCCCC(=O)NC[C@@]13C[C@@H](C(=O)Cc4nc(C(F)(F)F)ccc4C)N(C(=O)C2)[C@@H]1C3. The van der Waals surface area contributed by atoms with Crippen LogP contribution in [0.4, 0.5) is 13.2 Å². The summed E-state index contributed by atoms with van der Waals surface area (Å²) in [5.74, 6) is -1.06. The predicted octanol–water partition coefficient (Wildman–Crippen LogP) is 4.76. The minimum absolute atomic E-state index is 0.0217. The van der Waals surface area contributed by atoms with Gasteiger partial charge < -0.3 is 10.2 Å². The fourth-order valence-electron chi connectivity index (χ4n) is 7.12. The Morgan fingerprint density at radius 3 is 2.53 bits per heavy atom. The van der Waals surface area contributed by atoms with Crippen LogP contribution in [0.2, 0.25) is 0 Å². The Kier molecular flexibility index (Phi) is 8.03. The summed E-state index contributed by atoms with van der Waals surface area (Å²) in [5, 5.41) is 8.24. The highest BCUT2D eigenvalue weighted by Crippen LogP contribution is 2.59. The van der Waals surface area contributed by atoms with Crippen molar-refractivity contribution in [2.75, 3.05) is 6.54 Å². The first-order valence-corrected chi connectivity index (χ1v) is 15.5. The van der Waals surface area contributed by atoms with Gasteiger partial charge in [0.2, 0.25) is 11.8 Å². The molecule has 1 saturated carbocycles. The summed E-state index contributed by atoms with van der Waals surface area (Å²) in [5.41, 5.74) is 0.860. The molecule has 4 heterocycles. The second-order valence-corrected chi connectivity index (χ2v) is 12.8. The molecule has 2 aliphatic heterocycles. The van der Waals surface area contributed by atoms with Crippen molar-refractivity contribution in [2.24, 2.45) is 5.41 Å². The summed E-state index contributed by atoms with van der Waals surface area (Å²) in [6.45, 7) is 3.15. The number of carbonyl (C=O) groups excluding carboxylic acids is 4. The van der Waals surface area contributed by atoms with E-state index in [1.807, 2.05) is 18.2 Å². The number of aromatic nitrogens is 3. The van der Waals surface area contributed by atoms with Gasteiger partial charge in [0.25, 0.3) is 0 Å². The summed E-state index contributed by atoms with van der Waals surface area (Å²) < 4.78 is 41.8. The van der Waals surface area contributed by atoms with Crippen molar-refractivity contribution in [3.63, 3.8) is 0 Å². The molecule has 9 nitrogen and oxygen atoms in total. The first-order chi connectivity index (χ1) is 21.4. The standard InChI is InChI=1S/C33H36F3N5O4/c1-19-12-13-26(33(34,35)36)38-23(19)14-25(43)24-15-32-16-27(32)41(24)29(45)17-40-31-21(8-5-3-4-6-11-28(44)37-18-32)9-7-10-22(31)30(39-40)20(2)42/h7,9-10,12-13,24,27H,3-6,8,11,14-18H2,1-2H3,(H,37,44)/t24-,27+,32-/m0/s1. The Hall–Kier alpha value is -4.09. The van der Waals surface area contributed by atoms with Gasteiger partial charge in [-0.2, -0.15) is 18.3 Å². The van der Waals surface area contributed by atoms with E-state index in [0.29, 0.717) is 48.7 Å². The van der Waals surface area contributed by atoms with E-state index < -0.39 is 29.1 Å². The highest BCUT2D eigenvalue weighted by atomic mass is 19.4. The van der Waals surface area contributed by atoms with Crippen molar-refractivity contribution < 1.29 is 32.3 Å². The monoisotopic (exact) mass is 623 g/mol. The molecule has 1 aliphatic carbocycles. The molecule has 45 heavy (non-hydrogen) atoms. The first-order valence-electron chi connectivity index (χ1n) is 15.5. The van der Waals surface area contributed by atoms with Gasteiger partial charge in [0.05, 0.1) is 23.7 Å². The third kappa shape index (κ3) is 5.98. The lowest BCUT2D eigenvalue weighted by Gasteiger charge is -2.27. The number of benzene rings is 1. The topological polar surface area (TPSA) is 114 Å². The smallest absolute Gasteiger partial charge is 0.355 e. The van der Waals surface area contributed by atoms with Crippen LogP contribution in [0.5, 0.6) is 0 Å². The first kappa shape index (κ1) is 30.9. The van der Waals surface area contributed by atoms with Gasteiger partial charge in [-0.3, -0.25) is 23.9 Å². The number of hydrogen-bond donors (Lipinski definition) is 1. The van der Waals surface area contributed by atoms with Crippen LogP contribution in [-0.2, 0) is 39.9 Å². The van der Waals surface area contributed by atoms with Gasteiger partial charge in [0.1, 0.15) is 17.9 Å². The van der Waals surface area contributed by atoms with Gasteiger partial charge in [0.15, 0.2) is 11.6 Å². The summed E-state index contributed by atoms with van der Waals surface area (Å²) in [6.07, 6.45) is 0.411. The van der Waals surface area contributed by atoms with E-state index in [4.69, 9.17) is 0 Å². The van der Waals surface area contributed by atoms with Crippen LogP contribution >= 0.6 is 0 Å². The molecule has 6 rings (SSSR count). The van der Waals surface area contributed by atoms with Crippen LogP contribution in [0.25, 0.3) is 10.9 Å². The van der Waals surface area contributed by atoms with Crippen LogP contribution in [0.1, 0.15) is 84.9 Å². The molecule has 0 unspecified atom stereocenters. The normalized spacial score (nSPS) is 24.2. The Labute approximate surface area is 258 Å². The van der Waals surface area contributed by atoms with E-state index in [1.165, 1.54) is 13.0 Å². The van der Waals surface area contributed by atoms with Crippen LogP contribution in [0.15, 0.2) is 30.3 Å². The van der Waals surface area contributed by atoms with Crippen molar-refractivity contribution in [3.8, 4) is 0 Å². The molecule has 0 radical (unpaired) electrons. The van der Waals surface area contributed by atoms with Crippen molar-refractivity contribution in [1.29, 1.82) is 0 Å². The Morgan fingerprint density at radius 2 is 1.80 bits per heavy atom. The number of nitrogens with zero attached hydrogens (tertiary/aromatic N) is 4. The lowest BCUT2D eigenvalue weighted by molar-refractivity contribution is -0.141. The molecular formula is C33H36F3N5O4. The van der Waals surface area contributed by atoms with E-state index in [-0.39, 0.29) is 48.0 Å². The number of pyridine rings is 1. The van der Waals surface area contributed by atoms with E-state index >= 15 is 0 Å². The maximum Gasteiger partial charge on any atom is 0.433 e. The molecule has 2 fully saturated rings. The molecule has 0 spiro atoms. The van der Waals surface area contributed by atoms with Crippen LogP contribution in [0.3, 0.4) is 0 Å². The van der Waals surface area contributed by atoms with Crippen molar-refractivity contribution in [1.82, 2.24) is 25.0 Å². The fourth-order valence-corrected chi connectivity index (χ4v) is 7.12. The molecule has 1 saturated heterocycles. The average Bonchev–Trinajstić information content (AvgIpc) is 3.38. The molecule has 1 N–H and O–H groups in total. The maximum absolute atomic E-state index is 14.1. The quantitative estimate of drug-likeness (QED) is 0.420. The Bertz CT molecular complexity index is 1700. The van der Waals surface area contributed by atoms with E-state index in [2.05, 4.69) is 15.4 Å². The van der Waals surface area contributed by atoms with E-state index in [9.17, 15) is 32.3 Å². The highest BCUT2D eigenvalue weighted by Gasteiger charge is 2.66. The fraction of sp³-hybridized carbons (Fsp3) is 0.515. The third-order valence-corrected chi connectivity index (χ3v) is 9.62. The molecule has 12 heteroatoms. The lowest BCUT2D eigenvalue weighted by atomic mass is 9.94. The van der Waals surface area contributed by atoms with Gasteiger partial charge in [-0.15, -0.1) is 0 Å². The van der Waals surface area contributed by atoms with Crippen LogP contribution in [0, 0.1) is 12.3 Å². The van der Waals surface area contributed by atoms with Crippen molar-refractivity contribution >= 4 is 34.3 Å². The number of halogens is 3.